The monoisotopic (exact) mass is 470 g/mol. The number of benzene rings is 1. The van der Waals surface area contributed by atoms with Gasteiger partial charge in [0, 0.05) is 31.9 Å². The summed E-state index contributed by atoms with van der Waals surface area (Å²) in [5.41, 5.74) is 3.64. The van der Waals surface area contributed by atoms with Crippen LogP contribution in [0.15, 0.2) is 35.7 Å². The van der Waals surface area contributed by atoms with Crippen molar-refractivity contribution in [3.8, 4) is 0 Å². The van der Waals surface area contributed by atoms with Crippen LogP contribution in [0.25, 0.3) is 0 Å². The number of hydrogen-bond acceptors (Lipinski definition) is 4. The number of carbonyl (C=O) groups excluding carboxylic acids is 2. The molecule has 4 rings (SSSR count). The Kier molecular flexibility index (Phi) is 6.81. The van der Waals surface area contributed by atoms with Gasteiger partial charge in [0.1, 0.15) is 0 Å². The average molecular weight is 471 g/mol. The summed E-state index contributed by atoms with van der Waals surface area (Å²) in [5.74, 6) is -0.179. The fourth-order valence-electron chi connectivity index (χ4n) is 4.75. The molecule has 8 heteroatoms. The van der Waals surface area contributed by atoms with E-state index >= 15 is 0 Å². The van der Waals surface area contributed by atoms with Gasteiger partial charge in [-0.1, -0.05) is 12.1 Å². The molecule has 6 nitrogen and oxygen atoms in total. The topological polar surface area (TPSA) is 64.7 Å². The van der Waals surface area contributed by atoms with Crippen molar-refractivity contribution in [2.75, 3.05) is 38.0 Å². The molecular formula is C24H30N4O2S2. The van der Waals surface area contributed by atoms with Gasteiger partial charge in [-0.2, -0.15) is 0 Å². The van der Waals surface area contributed by atoms with E-state index in [4.69, 9.17) is 12.2 Å². The van der Waals surface area contributed by atoms with Crippen molar-refractivity contribution >= 4 is 46.2 Å². The third-order valence-corrected chi connectivity index (χ3v) is 7.75. The molecule has 0 radical (unpaired) electrons. The molecule has 2 amide bonds. The lowest BCUT2D eigenvalue weighted by molar-refractivity contribution is -0.129. The Morgan fingerprint density at radius 2 is 1.72 bits per heavy atom. The summed E-state index contributed by atoms with van der Waals surface area (Å²) in [5, 5.41) is 8.77. The smallest absolute Gasteiger partial charge is 0.261 e. The Balaban J connectivity index is 1.25. The number of amides is 2. The fraction of sp³-hybridized carbons (Fsp3) is 0.458. The van der Waals surface area contributed by atoms with Crippen LogP contribution in [0.2, 0.25) is 0 Å². The van der Waals surface area contributed by atoms with Crippen LogP contribution in [0, 0.1) is 19.3 Å². The van der Waals surface area contributed by atoms with Crippen molar-refractivity contribution < 1.29 is 9.59 Å². The first-order valence-electron chi connectivity index (χ1n) is 11.1. The Morgan fingerprint density at radius 1 is 1.06 bits per heavy atom. The molecule has 1 spiro atoms. The van der Waals surface area contributed by atoms with E-state index in [1.165, 1.54) is 22.5 Å². The zero-order valence-corrected chi connectivity index (χ0v) is 20.3. The molecule has 32 heavy (non-hydrogen) atoms. The standard InChI is InChI=1S/C24H30N4O2S2/c1-17-12-18(2)14-19(13-17)26-23(31)27-8-5-24(6-9-27)7-10-28(16-24)21(29)15-25-22(30)20-4-3-11-32-20/h3-4,11-14H,5-10,15-16H2,1-2H3,(H,25,30)(H,26,31). The van der Waals surface area contributed by atoms with E-state index in [2.05, 4.69) is 47.6 Å². The Bertz CT molecular complexity index is 977. The predicted octanol–water partition coefficient (Wildman–Crippen LogP) is 3.81. The van der Waals surface area contributed by atoms with Crippen LogP contribution in [0.5, 0.6) is 0 Å². The molecule has 1 aromatic heterocycles. The number of nitrogens with one attached hydrogen (secondary N) is 2. The van der Waals surface area contributed by atoms with E-state index in [1.54, 1.807) is 6.07 Å². The second kappa shape index (κ2) is 9.58. The van der Waals surface area contributed by atoms with Crippen LogP contribution >= 0.6 is 23.6 Å². The summed E-state index contributed by atoms with van der Waals surface area (Å²) in [6.45, 7) is 7.56. The molecule has 0 aliphatic carbocycles. The number of likely N-dealkylation sites (tertiary alicyclic amines) is 2. The minimum atomic E-state index is -0.180. The van der Waals surface area contributed by atoms with Gasteiger partial charge in [-0.3, -0.25) is 9.59 Å². The van der Waals surface area contributed by atoms with E-state index in [-0.39, 0.29) is 23.8 Å². The zero-order chi connectivity index (χ0) is 22.7. The molecule has 170 valence electrons. The molecule has 0 bridgehead atoms. The lowest BCUT2D eigenvalue weighted by atomic mass is 9.78. The number of hydrogen-bond donors (Lipinski definition) is 2. The molecule has 0 atom stereocenters. The zero-order valence-electron chi connectivity index (χ0n) is 18.6. The van der Waals surface area contributed by atoms with Crippen LogP contribution in [-0.2, 0) is 4.79 Å². The molecule has 0 saturated carbocycles. The van der Waals surface area contributed by atoms with E-state index in [9.17, 15) is 9.59 Å². The second-order valence-corrected chi connectivity index (χ2v) is 10.4. The van der Waals surface area contributed by atoms with Gasteiger partial charge >= 0.3 is 0 Å². The fourth-order valence-corrected chi connectivity index (χ4v) is 5.69. The summed E-state index contributed by atoms with van der Waals surface area (Å²) in [4.78, 5) is 29.5. The number of nitrogens with zero attached hydrogens (tertiary/aromatic N) is 2. The molecule has 2 fully saturated rings. The van der Waals surface area contributed by atoms with Crippen LogP contribution in [0.3, 0.4) is 0 Å². The van der Waals surface area contributed by atoms with Gasteiger partial charge in [-0.25, -0.2) is 0 Å². The molecule has 2 N–H and O–H groups in total. The van der Waals surface area contributed by atoms with Crippen molar-refractivity contribution in [1.29, 1.82) is 0 Å². The molecular weight excluding hydrogens is 440 g/mol. The van der Waals surface area contributed by atoms with Crippen LogP contribution in [0.4, 0.5) is 5.69 Å². The number of anilines is 1. The molecule has 2 saturated heterocycles. The van der Waals surface area contributed by atoms with Crippen molar-refractivity contribution in [2.24, 2.45) is 5.41 Å². The quantitative estimate of drug-likeness (QED) is 0.666. The maximum Gasteiger partial charge on any atom is 0.261 e. The highest BCUT2D eigenvalue weighted by Gasteiger charge is 2.42. The number of carbonyl (C=O) groups is 2. The SMILES string of the molecule is Cc1cc(C)cc(NC(=S)N2CCC3(CCN(C(=O)CNC(=O)c4cccs4)C3)CC2)c1. The third-order valence-electron chi connectivity index (χ3n) is 6.52. The summed E-state index contributed by atoms with van der Waals surface area (Å²) < 4.78 is 0. The van der Waals surface area contributed by atoms with Crippen molar-refractivity contribution in [3.63, 3.8) is 0 Å². The van der Waals surface area contributed by atoms with Gasteiger partial charge in [0.2, 0.25) is 5.91 Å². The average Bonchev–Trinajstić information content (AvgIpc) is 3.42. The second-order valence-electron chi connectivity index (χ2n) is 9.02. The van der Waals surface area contributed by atoms with Crippen molar-refractivity contribution in [1.82, 2.24) is 15.1 Å². The lowest BCUT2D eigenvalue weighted by Gasteiger charge is -2.40. The minimum absolute atomic E-state index is 0.00113. The van der Waals surface area contributed by atoms with Crippen LogP contribution < -0.4 is 10.6 Å². The van der Waals surface area contributed by atoms with E-state index in [0.29, 0.717) is 4.88 Å². The van der Waals surface area contributed by atoms with Crippen molar-refractivity contribution in [3.05, 3.63) is 51.7 Å². The lowest BCUT2D eigenvalue weighted by Crippen LogP contribution is -2.46. The largest absolute Gasteiger partial charge is 0.349 e. The highest BCUT2D eigenvalue weighted by molar-refractivity contribution is 7.80. The Labute approximate surface area is 199 Å². The third kappa shape index (κ3) is 5.30. The number of thiocarbonyl (C=S) groups is 1. The predicted molar refractivity (Wildman–Crippen MR) is 133 cm³/mol. The number of thiophene rings is 1. The molecule has 0 unspecified atom stereocenters. The molecule has 3 heterocycles. The molecule has 2 aliphatic heterocycles. The van der Waals surface area contributed by atoms with Gasteiger partial charge in [0.15, 0.2) is 5.11 Å². The van der Waals surface area contributed by atoms with Crippen LogP contribution in [0.1, 0.15) is 40.1 Å². The Hall–Kier alpha value is -2.45. The highest BCUT2D eigenvalue weighted by Crippen LogP contribution is 2.40. The number of rotatable bonds is 4. The highest BCUT2D eigenvalue weighted by atomic mass is 32.1. The minimum Gasteiger partial charge on any atom is -0.349 e. The number of piperidine rings is 1. The van der Waals surface area contributed by atoms with Gasteiger partial charge in [0.05, 0.1) is 11.4 Å². The first kappa shape index (κ1) is 22.7. The summed E-state index contributed by atoms with van der Waals surface area (Å²) >= 11 is 7.05. The van der Waals surface area contributed by atoms with Gasteiger partial charge < -0.3 is 20.4 Å². The summed E-state index contributed by atoms with van der Waals surface area (Å²) in [6.07, 6.45) is 3.06. The first-order valence-corrected chi connectivity index (χ1v) is 12.4. The number of aryl methyl sites for hydroxylation is 2. The molecule has 1 aromatic carbocycles. The maximum atomic E-state index is 12.6. The normalized spacial score (nSPS) is 17.4. The van der Waals surface area contributed by atoms with E-state index in [1.807, 2.05) is 16.3 Å². The van der Waals surface area contributed by atoms with Gasteiger partial charge in [-0.15, -0.1) is 11.3 Å². The first-order chi connectivity index (χ1) is 15.3. The van der Waals surface area contributed by atoms with Gasteiger partial charge in [-0.05, 0) is 85.4 Å². The Morgan fingerprint density at radius 3 is 2.34 bits per heavy atom. The molecule has 2 aliphatic rings. The van der Waals surface area contributed by atoms with E-state index < -0.39 is 0 Å². The van der Waals surface area contributed by atoms with Crippen LogP contribution in [-0.4, -0.2) is 59.5 Å². The summed E-state index contributed by atoms with van der Waals surface area (Å²) in [6, 6.07) is 9.98. The van der Waals surface area contributed by atoms with Gasteiger partial charge in [0.25, 0.3) is 5.91 Å². The summed E-state index contributed by atoms with van der Waals surface area (Å²) in [7, 11) is 0. The van der Waals surface area contributed by atoms with Crippen molar-refractivity contribution in [2.45, 2.75) is 33.1 Å². The van der Waals surface area contributed by atoms with E-state index in [0.717, 1.165) is 56.2 Å². The molecule has 2 aromatic rings. The maximum absolute atomic E-state index is 12.6.